The minimum atomic E-state index is 0. The number of halogens is 1. The van der Waals surface area contributed by atoms with Crippen LogP contribution in [0.4, 0.5) is 5.13 Å². The van der Waals surface area contributed by atoms with E-state index in [1.165, 1.54) is 11.3 Å². The number of methoxy groups -OCH3 is 1. The zero-order valence-electron chi connectivity index (χ0n) is 8.16. The summed E-state index contributed by atoms with van der Waals surface area (Å²) in [7, 11) is 1.66. The molecule has 2 aromatic rings. The van der Waals surface area contributed by atoms with Crippen molar-refractivity contribution in [1.29, 1.82) is 0 Å². The van der Waals surface area contributed by atoms with E-state index in [4.69, 9.17) is 10.5 Å². The first-order valence-corrected chi connectivity index (χ1v) is 5.08. The summed E-state index contributed by atoms with van der Waals surface area (Å²) in [5.41, 5.74) is 7.76. The monoisotopic (exact) mass is 334 g/mol. The van der Waals surface area contributed by atoms with E-state index in [2.05, 4.69) is 4.98 Å². The molecule has 0 amide bonds. The van der Waals surface area contributed by atoms with Crippen LogP contribution < -0.4 is 39.4 Å². The molecule has 3 nitrogen and oxygen atoms in total. The molecule has 0 unspecified atom stereocenters. The van der Waals surface area contributed by atoms with Gasteiger partial charge in [-0.1, -0.05) is 11.3 Å². The van der Waals surface area contributed by atoms with Gasteiger partial charge in [0.25, 0.3) is 0 Å². The summed E-state index contributed by atoms with van der Waals surface area (Å²) >= 11 is 1.50. The number of hydrogen-bond acceptors (Lipinski definition) is 3. The van der Waals surface area contributed by atoms with E-state index >= 15 is 0 Å². The van der Waals surface area contributed by atoms with Crippen molar-refractivity contribution in [3.05, 3.63) is 29.6 Å². The molecule has 0 radical (unpaired) electrons. The summed E-state index contributed by atoms with van der Waals surface area (Å²) in [5, 5.41) is 2.72. The highest BCUT2D eigenvalue weighted by Crippen LogP contribution is 2.21. The second kappa shape index (κ2) is 5.32. The van der Waals surface area contributed by atoms with Crippen molar-refractivity contribution in [2.24, 2.45) is 0 Å². The van der Waals surface area contributed by atoms with Gasteiger partial charge in [0.15, 0.2) is 0 Å². The molecule has 0 atom stereocenters. The molecule has 0 saturated carbocycles. The number of ether oxygens (including phenoxy) is 1. The molecule has 0 aliphatic carbocycles. The standard InChI is InChI=1S/C10H10N2OS.HI/c1-13-8-4-2-7(3-5-8)9-6-14-10(11)12-9;/h2-6H,1H3,(H2,11,12);1H. The van der Waals surface area contributed by atoms with E-state index in [1.807, 2.05) is 29.6 Å². The Morgan fingerprint density at radius 1 is 1.27 bits per heavy atom. The van der Waals surface area contributed by atoms with Gasteiger partial charge in [-0.3, -0.25) is 5.73 Å². The molecule has 15 heavy (non-hydrogen) atoms. The molecule has 1 aromatic carbocycles. The largest absolute Gasteiger partial charge is 1.00 e. The second-order valence-electron chi connectivity index (χ2n) is 2.87. The molecule has 1 heterocycles. The summed E-state index contributed by atoms with van der Waals surface area (Å²) < 4.78 is 5.08. The first kappa shape index (κ1) is 12.3. The maximum atomic E-state index is 5.61. The summed E-state index contributed by atoms with van der Waals surface area (Å²) in [5.74, 6) is 0.858. The lowest BCUT2D eigenvalue weighted by Crippen LogP contribution is -3.00. The Morgan fingerprint density at radius 3 is 2.40 bits per heavy atom. The lowest BCUT2D eigenvalue weighted by molar-refractivity contribution is -0.340. The van der Waals surface area contributed by atoms with Gasteiger partial charge in [0.1, 0.15) is 11.4 Å². The molecule has 0 spiro atoms. The van der Waals surface area contributed by atoms with Crippen molar-refractivity contribution in [1.82, 2.24) is 0 Å². The Kier molecular flexibility index (Phi) is 4.34. The number of rotatable bonds is 2. The minimum absolute atomic E-state index is 0. The Hall–Kier alpha value is -0.820. The number of anilines is 1. The van der Waals surface area contributed by atoms with Gasteiger partial charge >= 0.3 is 5.13 Å². The molecule has 0 aliphatic rings. The number of nitrogens with one attached hydrogen (secondary N) is 1. The fourth-order valence-corrected chi connectivity index (χ4v) is 1.83. The molecule has 0 fully saturated rings. The van der Waals surface area contributed by atoms with E-state index in [9.17, 15) is 0 Å². The van der Waals surface area contributed by atoms with Crippen molar-refractivity contribution in [2.45, 2.75) is 0 Å². The van der Waals surface area contributed by atoms with E-state index < -0.39 is 0 Å². The highest BCUT2D eigenvalue weighted by molar-refractivity contribution is 7.13. The predicted octanol–water partition coefficient (Wildman–Crippen LogP) is -1.18. The molecule has 0 saturated heterocycles. The molecule has 5 heteroatoms. The third-order valence-corrected chi connectivity index (χ3v) is 2.67. The number of benzene rings is 1. The molecule has 0 bridgehead atoms. The maximum Gasteiger partial charge on any atom is 0.329 e. The topological polar surface area (TPSA) is 49.4 Å². The van der Waals surface area contributed by atoms with E-state index in [-0.39, 0.29) is 24.0 Å². The Morgan fingerprint density at radius 2 is 1.93 bits per heavy atom. The van der Waals surface area contributed by atoms with Crippen molar-refractivity contribution in [3.63, 3.8) is 0 Å². The van der Waals surface area contributed by atoms with Gasteiger partial charge < -0.3 is 28.7 Å². The summed E-state index contributed by atoms with van der Waals surface area (Å²) in [6, 6.07) is 7.85. The molecule has 1 aromatic heterocycles. The summed E-state index contributed by atoms with van der Waals surface area (Å²) in [6.07, 6.45) is 0. The summed E-state index contributed by atoms with van der Waals surface area (Å²) in [6.45, 7) is 0. The number of hydrogen-bond donors (Lipinski definition) is 1. The van der Waals surface area contributed by atoms with Crippen LogP contribution in [0, 0.1) is 0 Å². The lowest BCUT2D eigenvalue weighted by Gasteiger charge is -1.99. The third kappa shape index (κ3) is 2.82. The first-order valence-electron chi connectivity index (χ1n) is 4.20. The Bertz CT molecular complexity index is 427. The van der Waals surface area contributed by atoms with Crippen LogP contribution in [-0.2, 0) is 0 Å². The normalized spacial score (nSPS) is 9.40. The quantitative estimate of drug-likeness (QED) is 0.704. The predicted molar refractivity (Wildman–Crippen MR) is 57.3 cm³/mol. The van der Waals surface area contributed by atoms with Crippen LogP contribution in [0.5, 0.6) is 5.75 Å². The number of aromatic amines is 1. The SMILES string of the molecule is COc1ccc(-c2csc(N)[nH+]2)cc1.[I-]. The maximum absolute atomic E-state index is 5.61. The highest BCUT2D eigenvalue weighted by Gasteiger charge is 2.05. The van der Waals surface area contributed by atoms with Crippen molar-refractivity contribution in [3.8, 4) is 17.0 Å². The average molecular weight is 334 g/mol. The number of nitrogens with two attached hydrogens (primary N) is 1. The van der Waals surface area contributed by atoms with Crippen molar-refractivity contribution in [2.75, 3.05) is 12.8 Å². The van der Waals surface area contributed by atoms with Crippen LogP contribution in [0.2, 0.25) is 0 Å². The summed E-state index contributed by atoms with van der Waals surface area (Å²) in [4.78, 5) is 3.09. The van der Waals surface area contributed by atoms with Crippen LogP contribution in [0.1, 0.15) is 0 Å². The van der Waals surface area contributed by atoms with E-state index in [0.717, 1.165) is 22.1 Å². The average Bonchev–Trinajstić information content (AvgIpc) is 2.65. The first-order chi connectivity index (χ1) is 6.79. The van der Waals surface area contributed by atoms with E-state index in [0.29, 0.717) is 0 Å². The van der Waals surface area contributed by atoms with Crippen LogP contribution in [0.3, 0.4) is 0 Å². The van der Waals surface area contributed by atoms with Crippen molar-refractivity contribution < 1.29 is 33.7 Å². The molecule has 2 rings (SSSR count). The molecule has 0 aliphatic heterocycles. The zero-order valence-corrected chi connectivity index (χ0v) is 11.1. The molecular weight excluding hydrogens is 323 g/mol. The number of H-pyrrole nitrogens is 1. The molecule has 3 N–H and O–H groups in total. The van der Waals surface area contributed by atoms with Gasteiger partial charge in [0, 0.05) is 10.9 Å². The van der Waals surface area contributed by atoms with Gasteiger partial charge in [-0.25, -0.2) is 4.98 Å². The zero-order chi connectivity index (χ0) is 9.97. The minimum Gasteiger partial charge on any atom is -1.00 e. The fourth-order valence-electron chi connectivity index (χ4n) is 1.22. The van der Waals surface area contributed by atoms with Crippen LogP contribution in [0.15, 0.2) is 29.6 Å². The highest BCUT2D eigenvalue weighted by atomic mass is 127. The van der Waals surface area contributed by atoms with Gasteiger partial charge in [-0.05, 0) is 24.3 Å². The fraction of sp³-hybridized carbons (Fsp3) is 0.100. The van der Waals surface area contributed by atoms with E-state index in [1.54, 1.807) is 7.11 Å². The molecular formula is C10H11IN2OS. The van der Waals surface area contributed by atoms with Gasteiger partial charge in [-0.2, -0.15) is 0 Å². The van der Waals surface area contributed by atoms with Gasteiger partial charge in [0.2, 0.25) is 0 Å². The van der Waals surface area contributed by atoms with Crippen LogP contribution in [0.25, 0.3) is 11.3 Å². The number of nitrogen functional groups attached to an aromatic ring is 1. The molecule has 80 valence electrons. The smallest absolute Gasteiger partial charge is 0.329 e. The van der Waals surface area contributed by atoms with Crippen LogP contribution in [-0.4, -0.2) is 7.11 Å². The number of aromatic nitrogens is 1. The third-order valence-electron chi connectivity index (χ3n) is 1.96. The van der Waals surface area contributed by atoms with Gasteiger partial charge in [-0.15, -0.1) is 0 Å². The van der Waals surface area contributed by atoms with Crippen LogP contribution >= 0.6 is 11.3 Å². The van der Waals surface area contributed by atoms with Gasteiger partial charge in [0.05, 0.1) is 7.11 Å². The number of thiazole rings is 1. The lowest BCUT2D eigenvalue weighted by atomic mass is 10.2. The van der Waals surface area contributed by atoms with Crippen molar-refractivity contribution >= 4 is 16.5 Å². The second-order valence-corrected chi connectivity index (χ2v) is 3.78. The Balaban J connectivity index is 0.00000112. The Labute approximate surface area is 109 Å².